The Morgan fingerprint density at radius 1 is 1.35 bits per heavy atom. The summed E-state index contributed by atoms with van der Waals surface area (Å²) in [6.45, 7) is 1.69. The average molecular weight is 350 g/mol. The van der Waals surface area contributed by atoms with E-state index in [2.05, 4.69) is 11.1 Å². The Hall–Kier alpha value is -3.20. The number of carbonyl (C=O) groups excluding carboxylic acids is 1. The number of oxazole rings is 1. The van der Waals surface area contributed by atoms with Gasteiger partial charge in [0.2, 0.25) is 5.89 Å². The summed E-state index contributed by atoms with van der Waals surface area (Å²) in [5.41, 5.74) is 0.771. The number of halogens is 1. The molecule has 3 aromatic rings. The molecule has 0 bridgehead atoms. The van der Waals surface area contributed by atoms with E-state index in [-0.39, 0.29) is 22.6 Å². The number of esters is 1. The van der Waals surface area contributed by atoms with E-state index >= 15 is 4.39 Å². The Kier molecular flexibility index (Phi) is 3.55. The second kappa shape index (κ2) is 5.67. The van der Waals surface area contributed by atoms with Gasteiger partial charge in [0, 0.05) is 5.56 Å². The number of hydrogen-bond donors (Lipinski definition) is 0. The van der Waals surface area contributed by atoms with Gasteiger partial charge in [-0.15, -0.1) is 0 Å². The molecular weight excluding hydrogens is 335 g/mol. The fourth-order valence-corrected chi connectivity index (χ4v) is 3.33. The highest BCUT2D eigenvalue weighted by molar-refractivity contribution is 5.91. The van der Waals surface area contributed by atoms with Crippen LogP contribution in [0.5, 0.6) is 0 Å². The standard InChI is InChI=1S/C20H15FN2O3/c1-11-13(10-22)16-17(15(21)14(11)12-6-4-3-5-7-12)26-18(23-16)20(8-9-20)19(24)25-2/h3-7H,8-9H2,1-2H3. The lowest BCUT2D eigenvalue weighted by Gasteiger charge is -2.09. The molecule has 0 spiro atoms. The number of nitrogens with zero attached hydrogens (tertiary/aromatic N) is 2. The van der Waals surface area contributed by atoms with Gasteiger partial charge in [-0.2, -0.15) is 5.26 Å². The fourth-order valence-electron chi connectivity index (χ4n) is 3.33. The van der Waals surface area contributed by atoms with Gasteiger partial charge in [-0.25, -0.2) is 9.37 Å². The number of aromatic nitrogens is 1. The summed E-state index contributed by atoms with van der Waals surface area (Å²) in [5.74, 6) is -0.926. The summed E-state index contributed by atoms with van der Waals surface area (Å²) in [6.07, 6.45) is 1.06. The third-order valence-electron chi connectivity index (χ3n) is 4.94. The van der Waals surface area contributed by atoms with E-state index in [1.807, 2.05) is 6.07 Å². The zero-order chi connectivity index (χ0) is 18.5. The molecule has 5 nitrogen and oxygen atoms in total. The molecular formula is C20H15FN2O3. The first kappa shape index (κ1) is 16.3. The zero-order valence-electron chi connectivity index (χ0n) is 14.3. The molecule has 1 heterocycles. The Morgan fingerprint density at radius 3 is 2.62 bits per heavy atom. The van der Waals surface area contributed by atoms with Crippen molar-refractivity contribution >= 4 is 17.1 Å². The first-order valence-corrected chi connectivity index (χ1v) is 8.20. The minimum absolute atomic E-state index is 0.101. The van der Waals surface area contributed by atoms with E-state index in [1.165, 1.54) is 7.11 Å². The van der Waals surface area contributed by atoms with Crippen LogP contribution in [-0.2, 0) is 14.9 Å². The monoisotopic (exact) mass is 350 g/mol. The molecule has 0 radical (unpaired) electrons. The van der Waals surface area contributed by atoms with E-state index < -0.39 is 17.2 Å². The lowest BCUT2D eigenvalue weighted by atomic mass is 9.95. The number of rotatable bonds is 3. The van der Waals surface area contributed by atoms with Gasteiger partial charge >= 0.3 is 5.97 Å². The molecule has 0 saturated heterocycles. The SMILES string of the molecule is COC(=O)C1(c2nc3c(C#N)c(C)c(-c4ccccc4)c(F)c3o2)CC1. The lowest BCUT2D eigenvalue weighted by Crippen LogP contribution is -2.22. The molecule has 130 valence electrons. The van der Waals surface area contributed by atoms with E-state index in [1.54, 1.807) is 31.2 Å². The van der Waals surface area contributed by atoms with Crippen LogP contribution in [0.2, 0.25) is 0 Å². The second-order valence-corrected chi connectivity index (χ2v) is 6.44. The van der Waals surface area contributed by atoms with Gasteiger partial charge in [0.1, 0.15) is 17.0 Å². The Labute approximate surface area is 149 Å². The van der Waals surface area contributed by atoms with Crippen LogP contribution < -0.4 is 0 Å². The quantitative estimate of drug-likeness (QED) is 0.667. The van der Waals surface area contributed by atoms with Crippen molar-refractivity contribution in [1.82, 2.24) is 4.98 Å². The molecule has 1 aliphatic rings. The summed E-state index contributed by atoms with van der Waals surface area (Å²) >= 11 is 0. The summed E-state index contributed by atoms with van der Waals surface area (Å²) in [5, 5.41) is 9.62. The molecule has 0 N–H and O–H groups in total. The molecule has 0 atom stereocenters. The van der Waals surface area contributed by atoms with E-state index in [0.717, 1.165) is 0 Å². The summed E-state index contributed by atoms with van der Waals surface area (Å²) < 4.78 is 25.8. The third kappa shape index (κ3) is 2.14. The smallest absolute Gasteiger partial charge is 0.321 e. The van der Waals surface area contributed by atoms with Gasteiger partial charge in [0.15, 0.2) is 11.4 Å². The van der Waals surface area contributed by atoms with Crippen molar-refractivity contribution in [2.75, 3.05) is 7.11 Å². The van der Waals surface area contributed by atoms with E-state index in [9.17, 15) is 10.1 Å². The van der Waals surface area contributed by atoms with Crippen molar-refractivity contribution in [2.45, 2.75) is 25.2 Å². The minimum atomic E-state index is -0.965. The van der Waals surface area contributed by atoms with Crippen LogP contribution in [0.3, 0.4) is 0 Å². The predicted octanol–water partition coefficient (Wildman–Crippen LogP) is 4.02. The third-order valence-corrected chi connectivity index (χ3v) is 4.94. The highest BCUT2D eigenvalue weighted by Gasteiger charge is 2.57. The van der Waals surface area contributed by atoms with Crippen LogP contribution in [0.15, 0.2) is 34.7 Å². The van der Waals surface area contributed by atoms with Crippen molar-refractivity contribution in [2.24, 2.45) is 0 Å². The highest BCUT2D eigenvalue weighted by Crippen LogP contribution is 2.50. The van der Waals surface area contributed by atoms with Crippen LogP contribution >= 0.6 is 0 Å². The van der Waals surface area contributed by atoms with Gasteiger partial charge in [-0.3, -0.25) is 4.79 Å². The molecule has 1 saturated carbocycles. The zero-order valence-corrected chi connectivity index (χ0v) is 14.3. The maximum atomic E-state index is 15.3. The number of nitriles is 1. The fraction of sp³-hybridized carbons (Fsp3) is 0.250. The molecule has 0 unspecified atom stereocenters. The van der Waals surface area contributed by atoms with Gasteiger partial charge in [0.05, 0.1) is 12.7 Å². The van der Waals surface area contributed by atoms with Crippen LogP contribution in [0.1, 0.15) is 29.9 Å². The topological polar surface area (TPSA) is 76.1 Å². The predicted molar refractivity (Wildman–Crippen MR) is 91.8 cm³/mol. The van der Waals surface area contributed by atoms with E-state index in [0.29, 0.717) is 29.5 Å². The maximum Gasteiger partial charge on any atom is 0.321 e. The molecule has 26 heavy (non-hydrogen) atoms. The molecule has 1 fully saturated rings. The van der Waals surface area contributed by atoms with Crippen molar-refractivity contribution in [1.29, 1.82) is 5.26 Å². The Morgan fingerprint density at radius 2 is 2.04 bits per heavy atom. The second-order valence-electron chi connectivity index (χ2n) is 6.44. The normalized spacial score (nSPS) is 14.8. The van der Waals surface area contributed by atoms with Gasteiger partial charge in [-0.05, 0) is 30.9 Å². The summed E-state index contributed by atoms with van der Waals surface area (Å²) in [6, 6.07) is 11.1. The lowest BCUT2D eigenvalue weighted by molar-refractivity contribution is -0.144. The summed E-state index contributed by atoms with van der Waals surface area (Å²) in [7, 11) is 1.30. The molecule has 6 heteroatoms. The molecule has 4 rings (SSSR count). The molecule has 2 aromatic carbocycles. The van der Waals surface area contributed by atoms with Crippen LogP contribution in [0.25, 0.3) is 22.2 Å². The Bertz CT molecular complexity index is 1080. The Balaban J connectivity index is 2.01. The number of fused-ring (bicyclic) bond motifs is 1. The molecule has 0 amide bonds. The molecule has 0 aliphatic heterocycles. The molecule has 1 aliphatic carbocycles. The van der Waals surface area contributed by atoms with Crippen LogP contribution in [0.4, 0.5) is 4.39 Å². The highest BCUT2D eigenvalue weighted by atomic mass is 19.1. The number of hydrogen-bond acceptors (Lipinski definition) is 5. The van der Waals surface area contributed by atoms with Gasteiger partial charge < -0.3 is 9.15 Å². The van der Waals surface area contributed by atoms with Crippen LogP contribution in [0, 0.1) is 24.1 Å². The maximum absolute atomic E-state index is 15.3. The van der Waals surface area contributed by atoms with Gasteiger partial charge in [0.25, 0.3) is 0 Å². The van der Waals surface area contributed by atoms with Crippen molar-refractivity contribution in [3.8, 4) is 17.2 Å². The number of carbonyl (C=O) groups is 1. The van der Waals surface area contributed by atoms with Gasteiger partial charge in [-0.1, -0.05) is 30.3 Å². The van der Waals surface area contributed by atoms with Crippen LogP contribution in [-0.4, -0.2) is 18.1 Å². The first-order valence-electron chi connectivity index (χ1n) is 8.20. The first-order chi connectivity index (χ1) is 12.5. The van der Waals surface area contributed by atoms with Crippen molar-refractivity contribution < 1.29 is 18.3 Å². The number of methoxy groups -OCH3 is 1. The largest absolute Gasteiger partial charge is 0.468 e. The minimum Gasteiger partial charge on any atom is -0.468 e. The van der Waals surface area contributed by atoms with Crippen molar-refractivity contribution in [3.63, 3.8) is 0 Å². The van der Waals surface area contributed by atoms with Crippen molar-refractivity contribution in [3.05, 3.63) is 53.2 Å². The number of benzene rings is 2. The molecule has 1 aromatic heterocycles. The average Bonchev–Trinajstić information content (AvgIpc) is 3.35. The number of ether oxygens (including phenoxy) is 1. The summed E-state index contributed by atoms with van der Waals surface area (Å²) in [4.78, 5) is 16.4. The van der Waals surface area contributed by atoms with E-state index in [4.69, 9.17) is 9.15 Å².